The van der Waals surface area contributed by atoms with Gasteiger partial charge in [-0.2, -0.15) is 0 Å². The van der Waals surface area contributed by atoms with Gasteiger partial charge in [-0.1, -0.05) is 39.0 Å². The van der Waals surface area contributed by atoms with Crippen LogP contribution in [-0.2, 0) is 15.1 Å². The van der Waals surface area contributed by atoms with Gasteiger partial charge in [0.1, 0.15) is 0 Å². The van der Waals surface area contributed by atoms with Crippen molar-refractivity contribution in [2.24, 2.45) is 0 Å². The van der Waals surface area contributed by atoms with Crippen LogP contribution in [-0.4, -0.2) is 27.9 Å². The first-order valence-electron chi connectivity index (χ1n) is 5.99. The molecule has 2 atom stereocenters. The van der Waals surface area contributed by atoms with Crippen LogP contribution < -0.4 is 0 Å². The Balaban J connectivity index is 2.10. The van der Waals surface area contributed by atoms with Gasteiger partial charge in [0.15, 0.2) is 11.1 Å². The third-order valence-corrected chi connectivity index (χ3v) is 5.60. The van der Waals surface area contributed by atoms with Crippen molar-refractivity contribution in [3.05, 3.63) is 0 Å². The Labute approximate surface area is 111 Å². The van der Waals surface area contributed by atoms with Crippen LogP contribution in [0.2, 0.25) is 0 Å². The molecule has 0 aromatic carbocycles. The van der Waals surface area contributed by atoms with E-state index in [9.17, 15) is 4.79 Å². The molecule has 0 radical (unpaired) electrons. The number of nitrogens with zero attached hydrogens (tertiary/aromatic N) is 1. The molecule has 1 heterocycles. The molecule has 1 saturated heterocycles. The molecular formula is C11H20Cl2NOS+. The van der Waals surface area contributed by atoms with Gasteiger partial charge in [-0.25, -0.2) is 0 Å². The lowest BCUT2D eigenvalue weighted by Gasteiger charge is -2.09. The van der Waals surface area contributed by atoms with E-state index >= 15 is 0 Å². The molecule has 94 valence electrons. The maximum Gasteiger partial charge on any atom is 0.288 e. The van der Waals surface area contributed by atoms with E-state index in [1.807, 2.05) is 0 Å². The number of amides is 1. The second kappa shape index (κ2) is 7.67. The van der Waals surface area contributed by atoms with Crippen molar-refractivity contribution in [3.63, 3.8) is 0 Å². The van der Waals surface area contributed by atoms with E-state index in [1.165, 1.54) is 32.1 Å². The van der Waals surface area contributed by atoms with Gasteiger partial charge in [-0.15, -0.1) is 15.9 Å². The Bertz CT molecular complexity index is 228. The Hall–Kier alpha value is 0.400. The van der Waals surface area contributed by atoms with Gasteiger partial charge in [-0.05, 0) is 6.42 Å². The molecule has 0 N–H and O–H groups in total. The lowest BCUT2D eigenvalue weighted by Crippen LogP contribution is -2.29. The smallest absolute Gasteiger partial charge is 0.269 e. The summed E-state index contributed by atoms with van der Waals surface area (Å²) in [6.07, 6.45) is 7.38. The van der Waals surface area contributed by atoms with Crippen LogP contribution in [0.4, 0.5) is 0 Å². The van der Waals surface area contributed by atoms with Crippen LogP contribution in [0.25, 0.3) is 0 Å². The Morgan fingerprint density at radius 1 is 1.31 bits per heavy atom. The number of alkyl halides is 1. The molecule has 0 spiro atoms. The SMILES string of the molecule is CCCCCCCCN1C(=O)C(Cl)C[S+]1Cl. The fraction of sp³-hybridized carbons (Fsp3) is 0.909. The van der Waals surface area contributed by atoms with E-state index in [1.54, 1.807) is 4.31 Å². The van der Waals surface area contributed by atoms with Crippen LogP contribution in [0.5, 0.6) is 0 Å². The average molecular weight is 285 g/mol. The van der Waals surface area contributed by atoms with E-state index in [2.05, 4.69) is 6.92 Å². The third-order valence-electron chi connectivity index (χ3n) is 2.75. The van der Waals surface area contributed by atoms with Gasteiger partial charge in [0.2, 0.25) is 21.0 Å². The number of hydrogen-bond acceptors (Lipinski definition) is 1. The molecule has 2 unspecified atom stereocenters. The van der Waals surface area contributed by atoms with E-state index < -0.39 is 10.3 Å². The minimum absolute atomic E-state index is 0.0218. The molecule has 1 aliphatic rings. The molecule has 1 amide bonds. The minimum Gasteiger partial charge on any atom is -0.269 e. The quantitative estimate of drug-likeness (QED) is 0.398. The molecule has 0 aromatic heterocycles. The summed E-state index contributed by atoms with van der Waals surface area (Å²) in [6.45, 7) is 2.99. The molecule has 1 aliphatic heterocycles. The van der Waals surface area contributed by atoms with Crippen LogP contribution >= 0.6 is 22.3 Å². The van der Waals surface area contributed by atoms with Gasteiger partial charge in [0.25, 0.3) is 5.91 Å². The van der Waals surface area contributed by atoms with Gasteiger partial charge in [0, 0.05) is 0 Å². The lowest BCUT2D eigenvalue weighted by molar-refractivity contribution is -0.124. The van der Waals surface area contributed by atoms with E-state index in [0.29, 0.717) is 5.75 Å². The van der Waals surface area contributed by atoms with Gasteiger partial charge >= 0.3 is 0 Å². The maximum absolute atomic E-state index is 11.6. The second-order valence-corrected chi connectivity index (χ2v) is 7.13. The van der Waals surface area contributed by atoms with Gasteiger partial charge in [-0.3, -0.25) is 4.79 Å². The topological polar surface area (TPSA) is 20.3 Å². The predicted octanol–water partition coefficient (Wildman–Crippen LogP) is 3.48. The fourth-order valence-corrected chi connectivity index (χ4v) is 4.51. The number of carbonyl (C=O) groups is 1. The average Bonchev–Trinajstić information content (AvgIpc) is 2.49. The Kier molecular flexibility index (Phi) is 6.94. The van der Waals surface area contributed by atoms with Crippen molar-refractivity contribution in [2.75, 3.05) is 12.3 Å². The summed E-state index contributed by atoms with van der Waals surface area (Å²) in [5, 5.41) is -0.388. The van der Waals surface area contributed by atoms with Crippen molar-refractivity contribution in [1.82, 2.24) is 4.31 Å². The summed E-state index contributed by atoms with van der Waals surface area (Å²) in [5.74, 6) is 0.631. The lowest BCUT2D eigenvalue weighted by atomic mass is 10.1. The number of hydrogen-bond donors (Lipinski definition) is 0. The monoisotopic (exact) mass is 284 g/mol. The summed E-state index contributed by atoms with van der Waals surface area (Å²) in [4.78, 5) is 11.6. The second-order valence-electron chi connectivity index (χ2n) is 4.15. The normalized spacial score (nSPS) is 25.4. The summed E-state index contributed by atoms with van der Waals surface area (Å²) in [6, 6.07) is 0. The number of halogens is 2. The highest BCUT2D eigenvalue weighted by Gasteiger charge is 2.47. The first-order chi connectivity index (χ1) is 7.66. The van der Waals surface area contributed by atoms with E-state index in [4.69, 9.17) is 22.3 Å². The first kappa shape index (κ1) is 14.5. The number of rotatable bonds is 7. The highest BCUT2D eigenvalue weighted by atomic mass is 35.7. The zero-order chi connectivity index (χ0) is 12.0. The highest BCUT2D eigenvalue weighted by Crippen LogP contribution is 2.25. The Morgan fingerprint density at radius 3 is 2.50 bits per heavy atom. The molecule has 2 nitrogen and oxygen atoms in total. The van der Waals surface area contributed by atoms with Gasteiger partial charge < -0.3 is 0 Å². The van der Waals surface area contributed by atoms with Crippen LogP contribution in [0.1, 0.15) is 45.4 Å². The van der Waals surface area contributed by atoms with Crippen molar-refractivity contribution in [2.45, 2.75) is 50.8 Å². The summed E-state index contributed by atoms with van der Waals surface area (Å²) >= 11 is 5.86. The third kappa shape index (κ3) is 4.34. The number of unbranched alkanes of at least 4 members (excludes halogenated alkanes) is 5. The van der Waals surface area contributed by atoms with Crippen molar-refractivity contribution < 1.29 is 4.79 Å². The predicted molar refractivity (Wildman–Crippen MR) is 72.8 cm³/mol. The maximum atomic E-state index is 11.6. The summed E-state index contributed by atoms with van der Waals surface area (Å²) in [7, 11) is 5.62. The molecule has 1 fully saturated rings. The summed E-state index contributed by atoms with van der Waals surface area (Å²) in [5.41, 5.74) is 0. The van der Waals surface area contributed by atoms with Crippen molar-refractivity contribution >= 4 is 38.5 Å². The molecule has 5 heteroatoms. The zero-order valence-electron chi connectivity index (χ0n) is 9.75. The molecule has 0 aromatic rings. The van der Waals surface area contributed by atoms with Gasteiger partial charge in [0.05, 0.1) is 6.54 Å². The van der Waals surface area contributed by atoms with Crippen molar-refractivity contribution in [3.8, 4) is 0 Å². The molecular weight excluding hydrogens is 265 g/mol. The van der Waals surface area contributed by atoms with Crippen LogP contribution in [0.15, 0.2) is 0 Å². The Morgan fingerprint density at radius 2 is 1.94 bits per heavy atom. The van der Waals surface area contributed by atoms with Crippen LogP contribution in [0.3, 0.4) is 0 Å². The zero-order valence-corrected chi connectivity index (χ0v) is 12.1. The highest BCUT2D eigenvalue weighted by molar-refractivity contribution is 8.17. The largest absolute Gasteiger partial charge is 0.288 e. The van der Waals surface area contributed by atoms with Crippen molar-refractivity contribution in [1.29, 1.82) is 0 Å². The van der Waals surface area contributed by atoms with Crippen LogP contribution in [0, 0.1) is 0 Å². The first-order valence-corrected chi connectivity index (χ1v) is 8.61. The molecule has 0 aliphatic carbocycles. The molecule has 16 heavy (non-hydrogen) atoms. The summed E-state index contributed by atoms with van der Waals surface area (Å²) < 4.78 is 1.75. The van der Waals surface area contributed by atoms with E-state index in [-0.39, 0.29) is 11.3 Å². The molecule has 0 saturated carbocycles. The minimum atomic E-state index is -0.456. The molecule has 1 rings (SSSR count). The molecule has 0 bridgehead atoms. The van der Waals surface area contributed by atoms with E-state index in [0.717, 1.165) is 13.0 Å². The number of carbonyl (C=O) groups excluding carboxylic acids is 1. The fourth-order valence-electron chi connectivity index (χ4n) is 1.78. The standard InChI is InChI=1S/C11H20Cl2NOS/c1-2-3-4-5-6-7-8-14-11(15)10(12)9-16(14)13/h10H,2-9H2,1H3/q+1.